The maximum atomic E-state index is 5.85. The zero-order valence-corrected chi connectivity index (χ0v) is 12.0. The van der Waals surface area contributed by atoms with E-state index in [1.54, 1.807) is 0 Å². The molecule has 2 nitrogen and oxygen atoms in total. The molecule has 0 aliphatic carbocycles. The van der Waals surface area contributed by atoms with Gasteiger partial charge in [-0.3, -0.25) is 0 Å². The molecule has 0 aliphatic heterocycles. The summed E-state index contributed by atoms with van der Waals surface area (Å²) in [4.78, 5) is 4.29. The smallest absolute Gasteiger partial charge is 0.203 e. The van der Waals surface area contributed by atoms with E-state index in [2.05, 4.69) is 47.9 Å². The van der Waals surface area contributed by atoms with Gasteiger partial charge in [-0.05, 0) is 29.7 Å². The highest BCUT2D eigenvalue weighted by molar-refractivity contribution is 14.1. The second-order valence-electron chi connectivity index (χ2n) is 2.49. The molecule has 1 aromatic heterocycles. The molecule has 0 saturated heterocycles. The van der Waals surface area contributed by atoms with E-state index in [0.717, 1.165) is 18.9 Å². The Kier molecular flexibility index (Phi) is 3.41. The van der Waals surface area contributed by atoms with Gasteiger partial charge in [0.2, 0.25) is 3.83 Å². The lowest BCUT2D eigenvalue weighted by molar-refractivity contribution is 1.25. The highest BCUT2D eigenvalue weighted by Crippen LogP contribution is 2.31. The SMILES string of the molecule is Clc1ccc(-c2nc(I)ns2)c(Br)c1. The van der Waals surface area contributed by atoms with Gasteiger partial charge in [0.25, 0.3) is 0 Å². The molecule has 0 amide bonds. The van der Waals surface area contributed by atoms with E-state index < -0.39 is 0 Å². The molecule has 1 aromatic carbocycles. The summed E-state index contributed by atoms with van der Waals surface area (Å²) in [6, 6.07) is 5.63. The summed E-state index contributed by atoms with van der Waals surface area (Å²) in [7, 11) is 0. The van der Waals surface area contributed by atoms with Crippen molar-refractivity contribution in [3.05, 3.63) is 31.5 Å². The molecular weight excluding hydrogens is 398 g/mol. The molecule has 0 N–H and O–H groups in total. The third kappa shape index (κ3) is 2.26. The van der Waals surface area contributed by atoms with Crippen LogP contribution in [0.15, 0.2) is 22.7 Å². The number of rotatable bonds is 1. The monoisotopic (exact) mass is 400 g/mol. The summed E-state index contributed by atoms with van der Waals surface area (Å²) in [5.74, 6) is 0. The molecule has 0 radical (unpaired) electrons. The normalized spacial score (nSPS) is 10.5. The van der Waals surface area contributed by atoms with Crippen LogP contribution in [0.1, 0.15) is 0 Å². The van der Waals surface area contributed by atoms with Gasteiger partial charge in [-0.15, -0.1) is 0 Å². The Morgan fingerprint density at radius 2 is 2.21 bits per heavy atom. The lowest BCUT2D eigenvalue weighted by Crippen LogP contribution is -1.79. The highest BCUT2D eigenvalue weighted by Gasteiger charge is 2.08. The molecular formula is C8H3BrClIN2S. The minimum Gasteiger partial charge on any atom is -0.210 e. The first kappa shape index (κ1) is 10.8. The van der Waals surface area contributed by atoms with Crippen LogP contribution in [-0.4, -0.2) is 9.36 Å². The van der Waals surface area contributed by atoms with Crippen molar-refractivity contribution < 1.29 is 0 Å². The molecule has 0 spiro atoms. The van der Waals surface area contributed by atoms with Crippen molar-refractivity contribution >= 4 is 61.7 Å². The van der Waals surface area contributed by atoms with Crippen molar-refractivity contribution in [2.24, 2.45) is 0 Å². The van der Waals surface area contributed by atoms with Crippen molar-refractivity contribution in [1.82, 2.24) is 9.36 Å². The first-order valence-corrected chi connectivity index (χ1v) is 6.64. The maximum Gasteiger partial charge on any atom is 0.203 e. The first-order chi connectivity index (χ1) is 6.66. The maximum absolute atomic E-state index is 5.85. The van der Waals surface area contributed by atoms with E-state index in [0.29, 0.717) is 5.02 Å². The molecule has 0 unspecified atom stereocenters. The van der Waals surface area contributed by atoms with Gasteiger partial charge in [0, 0.05) is 37.6 Å². The Hall–Kier alpha value is 0.280. The molecule has 2 rings (SSSR count). The largest absolute Gasteiger partial charge is 0.210 e. The summed E-state index contributed by atoms with van der Waals surface area (Å²) in [6.45, 7) is 0. The lowest BCUT2D eigenvalue weighted by atomic mass is 10.2. The Morgan fingerprint density at radius 1 is 1.43 bits per heavy atom. The van der Waals surface area contributed by atoms with Crippen molar-refractivity contribution in [3.63, 3.8) is 0 Å². The average molecular weight is 401 g/mol. The van der Waals surface area contributed by atoms with E-state index >= 15 is 0 Å². The van der Waals surface area contributed by atoms with Gasteiger partial charge in [0.1, 0.15) is 5.01 Å². The van der Waals surface area contributed by atoms with Crippen LogP contribution in [-0.2, 0) is 0 Å². The molecule has 0 atom stereocenters. The topological polar surface area (TPSA) is 25.8 Å². The first-order valence-electron chi connectivity index (χ1n) is 3.61. The fourth-order valence-electron chi connectivity index (χ4n) is 0.978. The van der Waals surface area contributed by atoms with Crippen LogP contribution in [0.5, 0.6) is 0 Å². The fraction of sp³-hybridized carbons (Fsp3) is 0. The van der Waals surface area contributed by atoms with Crippen LogP contribution >= 0.6 is 61.7 Å². The molecule has 2 aromatic rings. The molecule has 1 heterocycles. The van der Waals surface area contributed by atoms with E-state index in [-0.39, 0.29) is 0 Å². The highest BCUT2D eigenvalue weighted by atomic mass is 127. The van der Waals surface area contributed by atoms with Crippen molar-refractivity contribution in [1.29, 1.82) is 0 Å². The van der Waals surface area contributed by atoms with Crippen LogP contribution in [0.3, 0.4) is 0 Å². The quantitative estimate of drug-likeness (QED) is 0.669. The zero-order valence-electron chi connectivity index (χ0n) is 6.67. The Balaban J connectivity index is 2.52. The number of halogens is 3. The molecule has 72 valence electrons. The molecule has 0 bridgehead atoms. The predicted octanol–water partition coefficient (Wildman–Crippen LogP) is 4.23. The summed E-state index contributed by atoms with van der Waals surface area (Å²) in [5, 5.41) is 1.61. The third-order valence-electron chi connectivity index (χ3n) is 1.56. The minimum absolute atomic E-state index is 0.708. The second kappa shape index (κ2) is 4.42. The number of hydrogen-bond acceptors (Lipinski definition) is 3. The molecule has 0 aliphatic rings. The summed E-state index contributed by atoms with van der Waals surface area (Å²) < 4.78 is 5.83. The number of benzene rings is 1. The lowest BCUT2D eigenvalue weighted by Gasteiger charge is -1.99. The van der Waals surface area contributed by atoms with Crippen molar-refractivity contribution in [2.45, 2.75) is 0 Å². The molecule has 14 heavy (non-hydrogen) atoms. The van der Waals surface area contributed by atoms with E-state index in [1.807, 2.05) is 18.2 Å². The summed E-state index contributed by atoms with van der Waals surface area (Å²) >= 11 is 12.8. The van der Waals surface area contributed by atoms with Gasteiger partial charge < -0.3 is 0 Å². The fourth-order valence-corrected chi connectivity index (χ4v) is 3.29. The van der Waals surface area contributed by atoms with Crippen LogP contribution in [0.2, 0.25) is 5.02 Å². The van der Waals surface area contributed by atoms with Gasteiger partial charge in [0.05, 0.1) is 0 Å². The van der Waals surface area contributed by atoms with Gasteiger partial charge in [0.15, 0.2) is 0 Å². The van der Waals surface area contributed by atoms with Crippen molar-refractivity contribution in [3.8, 4) is 10.6 Å². The van der Waals surface area contributed by atoms with Gasteiger partial charge in [-0.2, -0.15) is 4.37 Å². The third-order valence-corrected chi connectivity index (χ3v) is 4.01. The van der Waals surface area contributed by atoms with Gasteiger partial charge in [-0.1, -0.05) is 27.5 Å². The molecule has 6 heteroatoms. The van der Waals surface area contributed by atoms with Crippen LogP contribution < -0.4 is 0 Å². The van der Waals surface area contributed by atoms with Crippen molar-refractivity contribution in [2.75, 3.05) is 0 Å². The minimum atomic E-state index is 0.708. The number of nitrogens with zero attached hydrogens (tertiary/aromatic N) is 2. The van der Waals surface area contributed by atoms with E-state index in [9.17, 15) is 0 Å². The Morgan fingerprint density at radius 3 is 2.79 bits per heavy atom. The number of aromatic nitrogens is 2. The van der Waals surface area contributed by atoms with Gasteiger partial charge >= 0.3 is 0 Å². The van der Waals surface area contributed by atoms with Gasteiger partial charge in [-0.25, -0.2) is 4.98 Å². The van der Waals surface area contributed by atoms with Crippen LogP contribution in [0, 0.1) is 3.83 Å². The molecule has 0 saturated carbocycles. The predicted molar refractivity (Wildman–Crippen MR) is 70.8 cm³/mol. The summed E-state index contributed by atoms with van der Waals surface area (Å²) in [6.07, 6.45) is 0. The number of hydrogen-bond donors (Lipinski definition) is 0. The summed E-state index contributed by atoms with van der Waals surface area (Å²) in [5.41, 5.74) is 1.02. The zero-order chi connectivity index (χ0) is 10.1. The Bertz CT molecular complexity index is 474. The van der Waals surface area contributed by atoms with E-state index in [1.165, 1.54) is 11.5 Å². The second-order valence-corrected chi connectivity index (χ2v) is 5.50. The average Bonchev–Trinajstić information content (AvgIpc) is 2.51. The van der Waals surface area contributed by atoms with Crippen LogP contribution in [0.4, 0.5) is 0 Å². The van der Waals surface area contributed by atoms with Crippen LogP contribution in [0.25, 0.3) is 10.6 Å². The Labute approximate surface area is 112 Å². The van der Waals surface area contributed by atoms with E-state index in [4.69, 9.17) is 11.6 Å². The standard InChI is InChI=1S/C8H3BrClIN2S/c9-6-3-4(10)1-2-5(6)7-12-8(11)13-14-7/h1-3H. The molecule has 0 fully saturated rings.